The van der Waals surface area contributed by atoms with Gasteiger partial charge in [0, 0.05) is 11.3 Å². The summed E-state index contributed by atoms with van der Waals surface area (Å²) in [7, 11) is 0. The SMILES string of the molecule is CCc1cccc2c1NC(=O)C21C(C#N)=C(N)Oc2c1c(C)nn2-c1ccccc1. The van der Waals surface area contributed by atoms with Crippen molar-refractivity contribution in [1.29, 1.82) is 5.26 Å². The Bertz CT molecular complexity index is 1280. The number of hydrogen-bond acceptors (Lipinski definition) is 5. The Hall–Kier alpha value is -4.05. The largest absolute Gasteiger partial charge is 0.422 e. The number of nitrogens with one attached hydrogen (secondary N) is 1. The van der Waals surface area contributed by atoms with Crippen molar-refractivity contribution < 1.29 is 9.53 Å². The Morgan fingerprint density at radius 2 is 2.00 bits per heavy atom. The number of benzene rings is 2. The molecule has 148 valence electrons. The molecule has 0 bridgehead atoms. The number of nitrogens with zero attached hydrogens (tertiary/aromatic N) is 3. The summed E-state index contributed by atoms with van der Waals surface area (Å²) in [6, 6.07) is 17.3. The maximum absolute atomic E-state index is 13.6. The minimum absolute atomic E-state index is 0.0789. The number of aryl methyl sites for hydroxylation is 2. The first-order valence-corrected chi connectivity index (χ1v) is 9.71. The highest BCUT2D eigenvalue weighted by molar-refractivity contribution is 6.13. The number of aromatic nitrogens is 2. The third-order valence-electron chi connectivity index (χ3n) is 5.85. The molecule has 7 nitrogen and oxygen atoms in total. The third-order valence-corrected chi connectivity index (χ3v) is 5.85. The van der Waals surface area contributed by atoms with E-state index in [1.165, 1.54) is 0 Å². The van der Waals surface area contributed by atoms with Crippen LogP contribution in [0.2, 0.25) is 0 Å². The predicted molar refractivity (Wildman–Crippen MR) is 111 cm³/mol. The highest BCUT2D eigenvalue weighted by Gasteiger charge is 2.59. The minimum atomic E-state index is -1.40. The van der Waals surface area contributed by atoms with Crippen molar-refractivity contribution in [2.45, 2.75) is 25.7 Å². The van der Waals surface area contributed by atoms with Crippen LogP contribution in [0, 0.1) is 18.3 Å². The fourth-order valence-corrected chi connectivity index (χ4v) is 4.56. The Kier molecular flexibility index (Phi) is 3.74. The van der Waals surface area contributed by atoms with Gasteiger partial charge in [-0.15, -0.1) is 0 Å². The van der Waals surface area contributed by atoms with Crippen LogP contribution in [0.1, 0.15) is 29.3 Å². The second-order valence-electron chi connectivity index (χ2n) is 7.36. The number of carbonyl (C=O) groups excluding carboxylic acids is 1. The molecule has 2 aliphatic rings. The van der Waals surface area contributed by atoms with Gasteiger partial charge in [0.25, 0.3) is 0 Å². The fraction of sp³-hybridized carbons (Fsp3) is 0.174. The van der Waals surface area contributed by atoms with Crippen LogP contribution in [0.15, 0.2) is 60.0 Å². The number of nitriles is 1. The second kappa shape index (κ2) is 6.22. The van der Waals surface area contributed by atoms with Gasteiger partial charge in [-0.3, -0.25) is 4.79 Å². The van der Waals surface area contributed by atoms with Crippen LogP contribution in [-0.2, 0) is 16.6 Å². The summed E-state index contributed by atoms with van der Waals surface area (Å²) in [6.07, 6.45) is 0.742. The van der Waals surface area contributed by atoms with Crippen LogP contribution in [0.4, 0.5) is 5.69 Å². The van der Waals surface area contributed by atoms with E-state index in [9.17, 15) is 10.1 Å². The molecule has 0 aliphatic carbocycles. The molecule has 7 heteroatoms. The summed E-state index contributed by atoms with van der Waals surface area (Å²) in [5, 5.41) is 17.7. The summed E-state index contributed by atoms with van der Waals surface area (Å²) in [4.78, 5) is 13.6. The van der Waals surface area contributed by atoms with Gasteiger partial charge in [0.15, 0.2) is 0 Å². The van der Waals surface area contributed by atoms with Crippen LogP contribution in [-0.4, -0.2) is 15.7 Å². The van der Waals surface area contributed by atoms with Crippen molar-refractivity contribution in [3.8, 4) is 17.6 Å². The van der Waals surface area contributed by atoms with Gasteiger partial charge >= 0.3 is 0 Å². The first-order chi connectivity index (χ1) is 14.5. The number of anilines is 1. The van der Waals surface area contributed by atoms with Crippen LogP contribution in [0.3, 0.4) is 0 Å². The van der Waals surface area contributed by atoms with E-state index < -0.39 is 5.41 Å². The molecule has 0 fully saturated rings. The Balaban J connectivity index is 1.90. The van der Waals surface area contributed by atoms with Crippen molar-refractivity contribution >= 4 is 11.6 Å². The summed E-state index contributed by atoms with van der Waals surface area (Å²) < 4.78 is 7.53. The highest BCUT2D eigenvalue weighted by atomic mass is 16.5. The maximum Gasteiger partial charge on any atom is 0.245 e. The minimum Gasteiger partial charge on any atom is -0.422 e. The molecule has 3 heterocycles. The van der Waals surface area contributed by atoms with E-state index in [2.05, 4.69) is 16.5 Å². The fourth-order valence-electron chi connectivity index (χ4n) is 4.56. The summed E-state index contributed by atoms with van der Waals surface area (Å²) in [5.41, 5.74) is 9.23. The molecule has 2 aromatic carbocycles. The molecule has 0 radical (unpaired) electrons. The van der Waals surface area contributed by atoms with Crippen molar-refractivity contribution in [2.24, 2.45) is 5.73 Å². The monoisotopic (exact) mass is 397 g/mol. The molecule has 3 aromatic rings. The number of para-hydroxylation sites is 2. The van der Waals surface area contributed by atoms with Crippen LogP contribution >= 0.6 is 0 Å². The Labute approximate surface area is 173 Å². The number of amides is 1. The van der Waals surface area contributed by atoms with Crippen molar-refractivity contribution in [2.75, 3.05) is 5.32 Å². The van der Waals surface area contributed by atoms with Gasteiger partial charge in [-0.2, -0.15) is 10.4 Å². The molecule has 1 amide bonds. The van der Waals surface area contributed by atoms with Gasteiger partial charge < -0.3 is 15.8 Å². The molecule has 1 unspecified atom stereocenters. The van der Waals surface area contributed by atoms with Crippen molar-refractivity contribution in [3.63, 3.8) is 0 Å². The molecule has 30 heavy (non-hydrogen) atoms. The normalized spacial score (nSPS) is 19.2. The average molecular weight is 397 g/mol. The molecule has 3 N–H and O–H groups in total. The Morgan fingerprint density at radius 1 is 1.23 bits per heavy atom. The zero-order chi connectivity index (χ0) is 21.0. The van der Waals surface area contributed by atoms with E-state index in [-0.39, 0.29) is 17.4 Å². The van der Waals surface area contributed by atoms with Crippen LogP contribution in [0.25, 0.3) is 5.69 Å². The van der Waals surface area contributed by atoms with Gasteiger partial charge in [-0.25, -0.2) is 4.68 Å². The lowest BCUT2D eigenvalue weighted by Crippen LogP contribution is -2.42. The first kappa shape index (κ1) is 18.0. The van der Waals surface area contributed by atoms with Gasteiger partial charge in [0.1, 0.15) is 17.1 Å². The number of hydrogen-bond donors (Lipinski definition) is 2. The standard InChI is InChI=1S/C23H19N5O2/c1-3-14-8-7-11-16-19(14)26-22(29)23(16)17(12-24)20(25)30-21-18(23)13(2)27-28(21)15-9-5-4-6-10-15/h4-11H,3,25H2,1-2H3,(H,26,29). The van der Waals surface area contributed by atoms with Crippen LogP contribution < -0.4 is 15.8 Å². The Morgan fingerprint density at radius 3 is 2.70 bits per heavy atom. The molecular formula is C23H19N5O2. The van der Waals surface area contributed by atoms with Gasteiger partial charge in [-0.05, 0) is 31.0 Å². The lowest BCUT2D eigenvalue weighted by Gasteiger charge is -2.32. The zero-order valence-electron chi connectivity index (χ0n) is 16.6. The second-order valence-corrected chi connectivity index (χ2v) is 7.36. The summed E-state index contributed by atoms with van der Waals surface area (Å²) >= 11 is 0. The zero-order valence-corrected chi connectivity index (χ0v) is 16.6. The van der Waals surface area contributed by atoms with Crippen molar-refractivity contribution in [3.05, 3.63) is 82.4 Å². The van der Waals surface area contributed by atoms with Gasteiger partial charge in [0.2, 0.25) is 17.7 Å². The third kappa shape index (κ3) is 2.08. The first-order valence-electron chi connectivity index (χ1n) is 9.71. The average Bonchev–Trinajstić information content (AvgIpc) is 3.23. The molecule has 2 aliphatic heterocycles. The molecular weight excluding hydrogens is 378 g/mol. The van der Waals surface area contributed by atoms with Crippen molar-refractivity contribution in [1.82, 2.24) is 9.78 Å². The van der Waals surface area contributed by atoms with Crippen LogP contribution in [0.5, 0.6) is 5.88 Å². The highest BCUT2D eigenvalue weighted by Crippen LogP contribution is 2.55. The lowest BCUT2D eigenvalue weighted by molar-refractivity contribution is -0.118. The number of fused-ring (bicyclic) bond motifs is 4. The molecule has 0 saturated carbocycles. The van der Waals surface area contributed by atoms with E-state index in [1.807, 2.05) is 62.4 Å². The van der Waals surface area contributed by atoms with Gasteiger partial charge in [0.05, 0.1) is 16.9 Å². The number of rotatable bonds is 2. The topological polar surface area (TPSA) is 106 Å². The predicted octanol–water partition coefficient (Wildman–Crippen LogP) is 3.07. The number of ether oxygens (including phenoxy) is 1. The van der Waals surface area contributed by atoms with E-state index in [4.69, 9.17) is 10.5 Å². The van der Waals surface area contributed by atoms with E-state index in [0.29, 0.717) is 22.7 Å². The molecule has 1 spiro atoms. The molecule has 1 aromatic heterocycles. The smallest absolute Gasteiger partial charge is 0.245 e. The molecule has 5 rings (SSSR count). The number of carbonyl (C=O) groups is 1. The maximum atomic E-state index is 13.6. The quantitative estimate of drug-likeness (QED) is 0.691. The van der Waals surface area contributed by atoms with E-state index in [1.54, 1.807) is 4.68 Å². The molecule has 1 atom stereocenters. The number of nitrogens with two attached hydrogens (primary N) is 1. The van der Waals surface area contributed by atoms with E-state index in [0.717, 1.165) is 23.4 Å². The lowest BCUT2D eigenvalue weighted by atomic mass is 9.69. The summed E-state index contributed by atoms with van der Waals surface area (Å²) in [6.45, 7) is 3.84. The van der Waals surface area contributed by atoms with Gasteiger partial charge in [-0.1, -0.05) is 43.3 Å². The summed E-state index contributed by atoms with van der Waals surface area (Å²) in [5.74, 6) is -0.0646. The molecule has 0 saturated heterocycles. The van der Waals surface area contributed by atoms with E-state index >= 15 is 0 Å².